The largest absolute Gasteiger partial charge is 0.335 e. The van der Waals surface area contributed by atoms with E-state index in [1.54, 1.807) is 11.3 Å². The van der Waals surface area contributed by atoms with Gasteiger partial charge in [-0.1, -0.05) is 0 Å². The number of thiophene rings is 1. The third-order valence-electron chi connectivity index (χ3n) is 3.55. The van der Waals surface area contributed by atoms with Crippen molar-refractivity contribution in [2.75, 3.05) is 6.54 Å². The monoisotopic (exact) mass is 252 g/mol. The molecule has 1 aliphatic heterocycles. The van der Waals surface area contributed by atoms with Crippen LogP contribution < -0.4 is 5.73 Å². The topological polar surface area (TPSA) is 46.3 Å². The van der Waals surface area contributed by atoms with Crippen molar-refractivity contribution in [3.05, 3.63) is 21.4 Å². The van der Waals surface area contributed by atoms with E-state index >= 15 is 0 Å². The second-order valence-corrected chi connectivity index (χ2v) is 6.24. The maximum absolute atomic E-state index is 12.4. The molecule has 2 rings (SSSR count). The minimum atomic E-state index is 0.172. The highest BCUT2D eigenvalue weighted by Crippen LogP contribution is 2.25. The molecule has 1 aromatic rings. The summed E-state index contributed by atoms with van der Waals surface area (Å²) in [4.78, 5) is 16.4. The van der Waals surface area contributed by atoms with Gasteiger partial charge in [0.25, 0.3) is 5.91 Å². The Labute approximate surface area is 107 Å². The number of nitrogens with two attached hydrogens (primary N) is 1. The fraction of sp³-hybridized carbons (Fsp3) is 0.615. The molecule has 1 fully saturated rings. The molecule has 2 atom stereocenters. The fourth-order valence-corrected chi connectivity index (χ4v) is 3.32. The van der Waals surface area contributed by atoms with Crippen LogP contribution in [0.3, 0.4) is 0 Å². The summed E-state index contributed by atoms with van der Waals surface area (Å²) in [6.45, 7) is 6.99. The van der Waals surface area contributed by atoms with E-state index in [1.807, 2.05) is 11.0 Å². The third-order valence-corrected chi connectivity index (χ3v) is 4.69. The molecular formula is C13H20N2OS. The van der Waals surface area contributed by atoms with E-state index in [0.717, 1.165) is 24.3 Å². The molecule has 17 heavy (non-hydrogen) atoms. The van der Waals surface area contributed by atoms with Crippen LogP contribution in [0.1, 0.15) is 39.9 Å². The van der Waals surface area contributed by atoms with E-state index in [4.69, 9.17) is 5.73 Å². The predicted molar refractivity (Wildman–Crippen MR) is 71.5 cm³/mol. The van der Waals surface area contributed by atoms with Crippen molar-refractivity contribution < 1.29 is 4.79 Å². The molecule has 0 bridgehead atoms. The quantitative estimate of drug-likeness (QED) is 0.833. The zero-order chi connectivity index (χ0) is 12.6. The summed E-state index contributed by atoms with van der Waals surface area (Å²) in [6, 6.07) is 2.51. The summed E-state index contributed by atoms with van der Waals surface area (Å²) in [5.74, 6) is 0.172. The number of nitrogens with zero attached hydrogens (tertiary/aromatic N) is 1. The molecule has 1 saturated heterocycles. The first kappa shape index (κ1) is 12.6. The highest BCUT2D eigenvalue weighted by atomic mass is 32.1. The molecule has 3 nitrogen and oxygen atoms in total. The lowest BCUT2D eigenvalue weighted by molar-refractivity contribution is 0.0624. The number of carbonyl (C=O) groups excluding carboxylic acids is 1. The molecule has 1 amide bonds. The molecule has 0 aliphatic carbocycles. The highest BCUT2D eigenvalue weighted by Gasteiger charge is 2.28. The fourth-order valence-electron chi connectivity index (χ4n) is 2.33. The Hall–Kier alpha value is -0.870. The average Bonchev–Trinajstić information content (AvgIpc) is 2.58. The van der Waals surface area contributed by atoms with Gasteiger partial charge < -0.3 is 10.6 Å². The smallest absolute Gasteiger partial charge is 0.264 e. The van der Waals surface area contributed by atoms with Crippen LogP contribution in [0.2, 0.25) is 0 Å². The van der Waals surface area contributed by atoms with Gasteiger partial charge in [-0.2, -0.15) is 0 Å². The van der Waals surface area contributed by atoms with Crippen molar-refractivity contribution in [2.45, 2.75) is 45.7 Å². The predicted octanol–water partition coefficient (Wildman–Crippen LogP) is 2.32. The van der Waals surface area contributed by atoms with Gasteiger partial charge in [0.05, 0.1) is 4.88 Å². The first-order chi connectivity index (χ1) is 7.99. The van der Waals surface area contributed by atoms with Gasteiger partial charge in [0.1, 0.15) is 0 Å². The van der Waals surface area contributed by atoms with E-state index in [0.29, 0.717) is 0 Å². The number of piperidine rings is 1. The standard InChI is InChI=1S/C13H20N2OS/c1-8-6-12(17-10(8)3)13(16)15-5-4-11(14)7-9(15)2/h6,9,11H,4-5,7,14H2,1-3H3. The van der Waals surface area contributed by atoms with Crippen molar-refractivity contribution >= 4 is 17.2 Å². The number of rotatable bonds is 1. The number of likely N-dealkylation sites (tertiary alicyclic amines) is 1. The summed E-state index contributed by atoms with van der Waals surface area (Å²) >= 11 is 1.60. The summed E-state index contributed by atoms with van der Waals surface area (Å²) in [5, 5.41) is 0. The molecule has 0 saturated carbocycles. The molecule has 0 radical (unpaired) electrons. The second kappa shape index (κ2) is 4.78. The Morgan fingerprint density at radius 2 is 2.24 bits per heavy atom. The molecule has 4 heteroatoms. The van der Waals surface area contributed by atoms with Crippen molar-refractivity contribution in [3.8, 4) is 0 Å². The van der Waals surface area contributed by atoms with Gasteiger partial charge in [-0.25, -0.2) is 0 Å². The Bertz CT molecular complexity index is 408. The summed E-state index contributed by atoms with van der Waals surface area (Å²) in [6.07, 6.45) is 1.83. The maximum atomic E-state index is 12.4. The van der Waals surface area contributed by atoms with Gasteiger partial charge in [0, 0.05) is 23.5 Å². The number of hydrogen-bond acceptors (Lipinski definition) is 3. The molecule has 2 unspecified atom stereocenters. The molecule has 0 aromatic carbocycles. The molecule has 0 spiro atoms. The molecule has 2 heterocycles. The van der Waals surface area contributed by atoms with Crippen molar-refractivity contribution in [1.82, 2.24) is 4.90 Å². The maximum Gasteiger partial charge on any atom is 0.264 e. The normalized spacial score (nSPS) is 25.1. The van der Waals surface area contributed by atoms with E-state index in [-0.39, 0.29) is 18.0 Å². The molecule has 94 valence electrons. The lowest BCUT2D eigenvalue weighted by atomic mass is 9.99. The van der Waals surface area contributed by atoms with E-state index < -0.39 is 0 Å². The molecule has 1 aromatic heterocycles. The SMILES string of the molecule is Cc1cc(C(=O)N2CCC(N)CC2C)sc1C. The summed E-state index contributed by atoms with van der Waals surface area (Å²) in [7, 11) is 0. The Morgan fingerprint density at radius 3 is 2.76 bits per heavy atom. The van der Waals surface area contributed by atoms with Crippen LogP contribution >= 0.6 is 11.3 Å². The third kappa shape index (κ3) is 2.53. The van der Waals surface area contributed by atoms with Gasteiger partial charge in [0.15, 0.2) is 0 Å². The number of hydrogen-bond donors (Lipinski definition) is 1. The van der Waals surface area contributed by atoms with Crippen molar-refractivity contribution in [1.29, 1.82) is 0 Å². The van der Waals surface area contributed by atoms with Crippen molar-refractivity contribution in [3.63, 3.8) is 0 Å². The van der Waals surface area contributed by atoms with Gasteiger partial charge in [-0.05, 0) is 45.2 Å². The van der Waals surface area contributed by atoms with E-state index in [1.165, 1.54) is 10.4 Å². The lowest BCUT2D eigenvalue weighted by Gasteiger charge is -2.36. The summed E-state index contributed by atoms with van der Waals surface area (Å²) in [5.41, 5.74) is 7.13. The van der Waals surface area contributed by atoms with Crippen LogP contribution in [0.25, 0.3) is 0 Å². The van der Waals surface area contributed by atoms with Gasteiger partial charge >= 0.3 is 0 Å². The minimum Gasteiger partial charge on any atom is -0.335 e. The first-order valence-corrected chi connectivity index (χ1v) is 6.94. The van der Waals surface area contributed by atoms with Gasteiger partial charge in [0.2, 0.25) is 0 Å². The zero-order valence-corrected chi connectivity index (χ0v) is 11.5. The molecular weight excluding hydrogens is 232 g/mol. The Balaban J connectivity index is 2.14. The number of aryl methyl sites for hydroxylation is 2. The number of carbonyl (C=O) groups is 1. The Kier molecular flexibility index (Phi) is 3.54. The van der Waals surface area contributed by atoms with Crippen LogP contribution in [0.4, 0.5) is 0 Å². The van der Waals surface area contributed by atoms with Crippen LogP contribution in [0, 0.1) is 13.8 Å². The van der Waals surface area contributed by atoms with Crippen LogP contribution in [-0.4, -0.2) is 29.4 Å². The lowest BCUT2D eigenvalue weighted by Crippen LogP contribution is -2.48. The van der Waals surface area contributed by atoms with Gasteiger partial charge in [-0.15, -0.1) is 11.3 Å². The molecule has 1 aliphatic rings. The second-order valence-electron chi connectivity index (χ2n) is 4.98. The summed E-state index contributed by atoms with van der Waals surface area (Å²) < 4.78 is 0. The minimum absolute atomic E-state index is 0.172. The van der Waals surface area contributed by atoms with Crippen LogP contribution in [0.5, 0.6) is 0 Å². The van der Waals surface area contributed by atoms with E-state index in [9.17, 15) is 4.79 Å². The highest BCUT2D eigenvalue weighted by molar-refractivity contribution is 7.14. The average molecular weight is 252 g/mol. The van der Waals surface area contributed by atoms with Gasteiger partial charge in [-0.3, -0.25) is 4.79 Å². The molecule has 2 N–H and O–H groups in total. The first-order valence-electron chi connectivity index (χ1n) is 6.12. The Morgan fingerprint density at radius 1 is 1.53 bits per heavy atom. The van der Waals surface area contributed by atoms with E-state index in [2.05, 4.69) is 20.8 Å². The van der Waals surface area contributed by atoms with Crippen LogP contribution in [-0.2, 0) is 0 Å². The number of amides is 1. The van der Waals surface area contributed by atoms with Crippen LogP contribution in [0.15, 0.2) is 6.07 Å². The zero-order valence-electron chi connectivity index (χ0n) is 10.7. The van der Waals surface area contributed by atoms with Crippen molar-refractivity contribution in [2.24, 2.45) is 5.73 Å².